The number of unbranched alkanes of at least 4 members (excludes halogenated alkanes) is 1. The number of aromatic nitrogens is 2. The quantitative estimate of drug-likeness (QED) is 0.161. The molecule has 116 heavy (non-hydrogen) atoms. The van der Waals surface area contributed by atoms with Crippen LogP contribution >= 0.6 is 11.6 Å². The van der Waals surface area contributed by atoms with Crippen LogP contribution in [0.2, 0.25) is 0 Å². The number of pyridine rings is 2. The molecular weight excluding hydrogens is 1440 g/mol. The van der Waals surface area contributed by atoms with Gasteiger partial charge in [-0.2, -0.15) is 5.26 Å². The molecule has 0 aliphatic carbocycles. The summed E-state index contributed by atoms with van der Waals surface area (Å²) in [6, 6.07) is 82.5. The van der Waals surface area contributed by atoms with E-state index in [4.69, 9.17) is 14.7 Å². The highest BCUT2D eigenvalue weighted by Gasteiger charge is 2.10. The highest BCUT2D eigenvalue weighted by molar-refractivity contribution is 6.15. The molecule has 1 aliphatic rings. The molecule has 11 aromatic rings. The summed E-state index contributed by atoms with van der Waals surface area (Å²) in [5, 5.41) is 8.41. The molecule has 12 rings (SSSR count). The predicted molar refractivity (Wildman–Crippen MR) is 533 cm³/mol. The fourth-order valence-corrected chi connectivity index (χ4v) is 7.48. The first-order valence-electron chi connectivity index (χ1n) is 41.4. The van der Waals surface area contributed by atoms with Gasteiger partial charge in [0.2, 0.25) is 0 Å². The molecule has 0 fully saturated rings. The number of aryl methyl sites for hydroxylation is 15. The van der Waals surface area contributed by atoms with Gasteiger partial charge < -0.3 is 9.47 Å². The summed E-state index contributed by atoms with van der Waals surface area (Å²) < 4.78 is 22.7. The Bertz CT molecular complexity index is 3400. The van der Waals surface area contributed by atoms with Crippen molar-refractivity contribution in [2.45, 2.75) is 284 Å². The van der Waals surface area contributed by atoms with Crippen molar-refractivity contribution in [2.24, 2.45) is 0 Å². The molecule has 1 aliphatic heterocycles. The molecule has 0 atom stereocenters. The number of ether oxygens (including phenoxy) is 2. The van der Waals surface area contributed by atoms with Gasteiger partial charge in [-0.1, -0.05) is 407 Å². The van der Waals surface area contributed by atoms with E-state index in [1.165, 1.54) is 103 Å². The smallest absolute Gasteiger partial charge is 0.126 e. The molecule has 0 radical (unpaired) electrons. The third-order valence-electron chi connectivity index (χ3n) is 13.5. The Morgan fingerprint density at radius 3 is 0.905 bits per heavy atom. The first-order valence-corrected chi connectivity index (χ1v) is 42.1. The number of alkyl halides is 1. The second kappa shape index (κ2) is 108. The molecular formula is C109H175ClFN3O2. The third-order valence-corrected chi connectivity index (χ3v) is 13.5. The molecule has 0 saturated heterocycles. The molecule has 3 heterocycles. The van der Waals surface area contributed by atoms with E-state index < -0.39 is 0 Å². The van der Waals surface area contributed by atoms with Crippen LogP contribution in [0.15, 0.2) is 267 Å². The van der Waals surface area contributed by atoms with Gasteiger partial charge in [0.15, 0.2) is 0 Å². The number of rotatable bonds is 2. The number of benzene rings is 9. The number of nitriles is 1. The highest BCUT2D eigenvalue weighted by Crippen LogP contribution is 2.25. The predicted octanol–water partition coefficient (Wildman–Crippen LogP) is 35.7. The van der Waals surface area contributed by atoms with Crippen molar-refractivity contribution >= 4 is 11.6 Å². The lowest BCUT2D eigenvalue weighted by atomic mass is 10.1. The van der Waals surface area contributed by atoms with Crippen molar-refractivity contribution in [3.05, 3.63) is 368 Å². The molecule has 0 spiro atoms. The second-order valence-corrected chi connectivity index (χ2v) is 22.7. The zero-order valence-corrected chi connectivity index (χ0v) is 79.4. The van der Waals surface area contributed by atoms with Gasteiger partial charge in [-0.05, 0) is 202 Å². The van der Waals surface area contributed by atoms with Crippen LogP contribution in [0.1, 0.15) is 268 Å². The average molecular weight is 1610 g/mol. The monoisotopic (exact) mass is 1610 g/mol. The Hall–Kier alpha value is -9.41. The van der Waals surface area contributed by atoms with Gasteiger partial charge in [0, 0.05) is 37.6 Å². The van der Waals surface area contributed by atoms with Gasteiger partial charge in [0.25, 0.3) is 0 Å². The lowest BCUT2D eigenvalue weighted by Crippen LogP contribution is -1.86. The zero-order valence-electron chi connectivity index (χ0n) is 78.6. The van der Waals surface area contributed by atoms with Gasteiger partial charge in [-0.15, -0.1) is 11.6 Å². The van der Waals surface area contributed by atoms with Gasteiger partial charge in [0.1, 0.15) is 17.3 Å². The van der Waals surface area contributed by atoms with Crippen molar-refractivity contribution in [3.8, 4) is 17.6 Å². The van der Waals surface area contributed by atoms with E-state index in [1.807, 2.05) is 250 Å². The maximum absolute atomic E-state index is 12.3. The molecule has 9 aromatic carbocycles. The zero-order chi connectivity index (χ0) is 89.0. The third kappa shape index (κ3) is 90.1. The van der Waals surface area contributed by atoms with E-state index in [0.29, 0.717) is 5.56 Å². The van der Waals surface area contributed by atoms with Crippen LogP contribution in [0, 0.1) is 121 Å². The van der Waals surface area contributed by atoms with Crippen LogP contribution in [-0.2, 0) is 6.42 Å². The molecule has 5 nitrogen and oxygen atoms in total. The summed E-state index contributed by atoms with van der Waals surface area (Å²) in [5.74, 6) is 1.91. The van der Waals surface area contributed by atoms with Gasteiger partial charge in [-0.25, -0.2) is 4.39 Å². The van der Waals surface area contributed by atoms with E-state index in [1.54, 1.807) is 50.8 Å². The number of halogens is 2. The maximum atomic E-state index is 12.3. The Morgan fingerprint density at radius 1 is 0.336 bits per heavy atom. The van der Waals surface area contributed by atoms with Crippen molar-refractivity contribution in [2.75, 3.05) is 20.1 Å². The standard InChI is InChI=1S/C9H10O.C8H7N.C8H10O.4C8H10.C7H7F.C7H8.2C6H7N.C4H10.9C2H6.CH3Cl.3CH4/c1-7-2-3-8-4-5-10-9(8)6-7;1-7-3-2-4-8(5-7)6-9;1-7-5-3-4-6-8(7)9-2;2*1-7-3-5-8(2)6-4-7;1-7-4-3-5-8(2)6-7;1-7-5-3-4-6-8(7)2;1-6-4-2-3-5-7(6)8;1-7-5-3-2-4-6-7;1-6-2-4-7-5-3-6;1-6-3-2-4-7-5-6;1-3-4-2;10*1-2;;;/h2-3,6H,4-5H2,1H3;2-5H,1H3;3-6H,1-2H3;4*3-6H,1-2H3;2-5H,1H3;2-6H,1H3;2*2-5H,1H3;3-4H2,1-2H3;9*1-2H3;1H3;3*1H4. The SMILES string of the molecule is C.C.C.CC.CC.CC.CC.CC.CC.CC.CC.CC.CCCC.CCl.COc1ccccc1C.Cc1ccc(C)cc1.Cc1ccc(C)cc1.Cc1ccc2c(c1)OCC2.Cc1cccc(C#N)c1.Cc1cccc(C)c1.Cc1ccccc1.Cc1ccccc1C.Cc1ccccc1F.Cc1cccnc1.Cc1ccncc1. The molecule has 0 saturated carbocycles. The fraction of sp³-hybridized carbons (Fsp3) is 0.404. The van der Waals surface area contributed by atoms with E-state index in [9.17, 15) is 4.39 Å². The van der Waals surface area contributed by atoms with Crippen molar-refractivity contribution in [1.82, 2.24) is 9.97 Å². The van der Waals surface area contributed by atoms with E-state index in [-0.39, 0.29) is 28.1 Å². The first-order chi connectivity index (χ1) is 54.6. The maximum Gasteiger partial charge on any atom is 0.126 e. The first kappa shape index (κ1) is 136. The van der Waals surface area contributed by atoms with Crippen molar-refractivity contribution in [1.29, 1.82) is 5.26 Å². The number of fused-ring (bicyclic) bond motifs is 1. The van der Waals surface area contributed by atoms with Crippen LogP contribution in [0.25, 0.3) is 0 Å². The number of hydrogen-bond donors (Lipinski definition) is 0. The largest absolute Gasteiger partial charge is 0.496 e. The van der Waals surface area contributed by atoms with Crippen LogP contribution in [0.4, 0.5) is 4.39 Å². The summed E-state index contributed by atoms with van der Waals surface area (Å²) in [4.78, 5) is 7.73. The molecule has 0 bridgehead atoms. The Labute approximate surface area is 725 Å². The van der Waals surface area contributed by atoms with Crippen molar-refractivity contribution in [3.63, 3.8) is 0 Å². The number of nitrogens with zero attached hydrogens (tertiary/aromatic N) is 3. The van der Waals surface area contributed by atoms with Gasteiger partial charge in [-0.3, -0.25) is 9.97 Å². The molecule has 0 amide bonds. The van der Waals surface area contributed by atoms with Gasteiger partial charge in [0.05, 0.1) is 25.3 Å². The van der Waals surface area contributed by atoms with E-state index in [2.05, 4.69) is 238 Å². The highest BCUT2D eigenvalue weighted by atomic mass is 35.5. The molecule has 0 unspecified atom stereocenters. The topological polar surface area (TPSA) is 68.0 Å². The lowest BCUT2D eigenvalue weighted by molar-refractivity contribution is 0.356. The average Bonchev–Trinajstić information content (AvgIpc) is 1.72. The van der Waals surface area contributed by atoms with Crippen LogP contribution < -0.4 is 9.47 Å². The minimum Gasteiger partial charge on any atom is -0.496 e. The van der Waals surface area contributed by atoms with Crippen LogP contribution in [-0.4, -0.2) is 30.1 Å². The lowest BCUT2D eigenvalue weighted by Gasteiger charge is -2.00. The normalized spacial score (nSPS) is 8.16. The Balaban J connectivity index is -0.0000000889. The Kier molecular flexibility index (Phi) is 126. The van der Waals surface area contributed by atoms with Crippen LogP contribution in [0.5, 0.6) is 11.5 Å². The molecule has 652 valence electrons. The summed E-state index contributed by atoms with van der Waals surface area (Å²) in [5.41, 5.74) is 20.9. The van der Waals surface area contributed by atoms with E-state index in [0.717, 1.165) is 35.7 Å². The molecule has 2 aromatic heterocycles. The Morgan fingerprint density at radius 2 is 0.655 bits per heavy atom. The second-order valence-electron chi connectivity index (χ2n) is 22.7. The summed E-state index contributed by atoms with van der Waals surface area (Å²) in [6.45, 7) is 72.0. The molecule has 7 heteroatoms. The summed E-state index contributed by atoms with van der Waals surface area (Å²) in [7, 11) is 1.68. The minimum absolute atomic E-state index is 0. The number of methoxy groups -OCH3 is 1. The van der Waals surface area contributed by atoms with E-state index >= 15 is 0 Å². The van der Waals surface area contributed by atoms with Crippen LogP contribution in [0.3, 0.4) is 0 Å². The van der Waals surface area contributed by atoms with Gasteiger partial charge >= 0.3 is 0 Å². The number of para-hydroxylation sites is 1. The minimum atomic E-state index is -0.132. The fourth-order valence-electron chi connectivity index (χ4n) is 7.48. The summed E-state index contributed by atoms with van der Waals surface area (Å²) in [6.07, 6.45) is 12.4. The summed E-state index contributed by atoms with van der Waals surface area (Å²) >= 11 is 4.64. The molecule has 0 N–H and O–H groups in total. The number of hydrogen-bond acceptors (Lipinski definition) is 5. The van der Waals surface area contributed by atoms with Crippen molar-refractivity contribution < 1.29 is 13.9 Å².